The van der Waals surface area contributed by atoms with E-state index in [1.54, 1.807) is 16.5 Å². The summed E-state index contributed by atoms with van der Waals surface area (Å²) in [6.45, 7) is 3.31. The van der Waals surface area contributed by atoms with Crippen LogP contribution in [0.2, 0.25) is 0 Å². The topological polar surface area (TPSA) is 71.5 Å². The fourth-order valence-electron chi connectivity index (χ4n) is 3.25. The highest BCUT2D eigenvalue weighted by molar-refractivity contribution is 7.03. The Kier molecular flexibility index (Phi) is 4.29. The SMILES string of the molecule is O=C(c1csnn1)N1CC[C@H](Oc2cccnc2N2CCCC2)C1. The first-order chi connectivity index (χ1) is 11.8. The van der Waals surface area contributed by atoms with Crippen LogP contribution in [0.25, 0.3) is 0 Å². The Morgan fingerprint density at radius 3 is 2.96 bits per heavy atom. The average Bonchev–Trinajstić information content (AvgIpc) is 3.36. The summed E-state index contributed by atoms with van der Waals surface area (Å²) in [5.41, 5.74) is 0.416. The van der Waals surface area contributed by atoms with E-state index in [0.717, 1.165) is 31.1 Å². The van der Waals surface area contributed by atoms with E-state index in [0.29, 0.717) is 18.8 Å². The predicted octanol–water partition coefficient (Wildman–Crippen LogP) is 1.83. The van der Waals surface area contributed by atoms with Gasteiger partial charge in [-0.25, -0.2) is 4.98 Å². The highest BCUT2D eigenvalue weighted by atomic mass is 32.1. The van der Waals surface area contributed by atoms with Crippen molar-refractivity contribution in [3.63, 3.8) is 0 Å². The van der Waals surface area contributed by atoms with Crippen LogP contribution < -0.4 is 9.64 Å². The maximum Gasteiger partial charge on any atom is 0.275 e. The van der Waals surface area contributed by atoms with Gasteiger partial charge in [0.25, 0.3) is 5.91 Å². The van der Waals surface area contributed by atoms with E-state index in [1.165, 1.54) is 24.4 Å². The van der Waals surface area contributed by atoms with E-state index in [4.69, 9.17) is 4.74 Å². The van der Waals surface area contributed by atoms with Crippen LogP contribution in [0.5, 0.6) is 5.75 Å². The molecule has 0 N–H and O–H groups in total. The lowest BCUT2D eigenvalue weighted by atomic mass is 10.3. The van der Waals surface area contributed by atoms with Crippen molar-refractivity contribution >= 4 is 23.3 Å². The predicted molar refractivity (Wildman–Crippen MR) is 90.5 cm³/mol. The van der Waals surface area contributed by atoms with Crippen LogP contribution in [0.3, 0.4) is 0 Å². The van der Waals surface area contributed by atoms with E-state index in [9.17, 15) is 4.79 Å². The summed E-state index contributed by atoms with van der Waals surface area (Å²) in [7, 11) is 0. The van der Waals surface area contributed by atoms with E-state index < -0.39 is 0 Å². The Bertz CT molecular complexity index is 702. The van der Waals surface area contributed by atoms with Crippen molar-refractivity contribution in [1.29, 1.82) is 0 Å². The molecular weight excluding hydrogens is 326 g/mol. The Morgan fingerprint density at radius 1 is 1.29 bits per heavy atom. The fraction of sp³-hybridized carbons (Fsp3) is 0.500. The molecular formula is C16H19N5O2S. The lowest BCUT2D eigenvalue weighted by Gasteiger charge is -2.22. The van der Waals surface area contributed by atoms with Crippen molar-refractivity contribution in [2.24, 2.45) is 0 Å². The number of hydrogen-bond donors (Lipinski definition) is 0. The van der Waals surface area contributed by atoms with Crippen LogP contribution in [0.4, 0.5) is 5.82 Å². The molecule has 0 spiro atoms. The minimum atomic E-state index is -0.0687. The molecule has 0 unspecified atom stereocenters. The first-order valence-corrected chi connectivity index (χ1v) is 9.08. The number of anilines is 1. The third-order valence-electron chi connectivity index (χ3n) is 4.46. The summed E-state index contributed by atoms with van der Waals surface area (Å²) in [4.78, 5) is 20.9. The molecule has 2 aromatic heterocycles. The van der Waals surface area contributed by atoms with Crippen molar-refractivity contribution in [3.8, 4) is 5.75 Å². The van der Waals surface area contributed by atoms with Crippen LogP contribution in [-0.4, -0.2) is 57.7 Å². The standard InChI is InChI=1S/C16H19N5O2S/c22-16(13-11-24-19-18-13)21-9-5-12(10-21)23-14-4-3-6-17-15(14)20-7-1-2-8-20/h3-4,6,11-12H,1-2,5,7-10H2/t12-/m0/s1. The van der Waals surface area contributed by atoms with Gasteiger partial charge in [0.1, 0.15) is 6.10 Å². The van der Waals surface area contributed by atoms with E-state index in [1.807, 2.05) is 12.1 Å². The van der Waals surface area contributed by atoms with Crippen molar-refractivity contribution in [2.75, 3.05) is 31.1 Å². The largest absolute Gasteiger partial charge is 0.485 e. The second-order valence-electron chi connectivity index (χ2n) is 6.09. The van der Waals surface area contributed by atoms with Crippen LogP contribution in [0, 0.1) is 0 Å². The van der Waals surface area contributed by atoms with Gasteiger partial charge in [0, 0.05) is 37.6 Å². The van der Waals surface area contributed by atoms with Crippen LogP contribution in [-0.2, 0) is 0 Å². The second-order valence-corrected chi connectivity index (χ2v) is 6.70. The molecule has 8 heteroatoms. The van der Waals surface area contributed by atoms with Gasteiger partial charge in [-0.3, -0.25) is 4.79 Å². The first-order valence-electron chi connectivity index (χ1n) is 8.24. The van der Waals surface area contributed by atoms with Gasteiger partial charge in [-0.2, -0.15) is 0 Å². The molecule has 1 amide bonds. The molecule has 7 nitrogen and oxygen atoms in total. The van der Waals surface area contributed by atoms with Crippen molar-refractivity contribution in [1.82, 2.24) is 19.5 Å². The summed E-state index contributed by atoms with van der Waals surface area (Å²) in [6.07, 6.45) is 5.01. The quantitative estimate of drug-likeness (QED) is 0.842. The summed E-state index contributed by atoms with van der Waals surface area (Å²) < 4.78 is 9.94. The van der Waals surface area contributed by atoms with Crippen molar-refractivity contribution in [3.05, 3.63) is 29.4 Å². The molecule has 2 aliphatic rings. The fourth-order valence-corrected chi connectivity index (χ4v) is 3.68. The second kappa shape index (κ2) is 6.72. The summed E-state index contributed by atoms with van der Waals surface area (Å²) in [5.74, 6) is 1.67. The van der Waals surface area contributed by atoms with Gasteiger partial charge in [-0.05, 0) is 36.5 Å². The monoisotopic (exact) mass is 345 g/mol. The number of carbonyl (C=O) groups excluding carboxylic acids is 1. The molecule has 2 aliphatic heterocycles. The number of hydrogen-bond acceptors (Lipinski definition) is 7. The van der Waals surface area contributed by atoms with E-state index >= 15 is 0 Å². The van der Waals surface area contributed by atoms with E-state index in [-0.39, 0.29) is 12.0 Å². The number of likely N-dealkylation sites (tertiary alicyclic amines) is 1. The zero-order chi connectivity index (χ0) is 16.4. The minimum absolute atomic E-state index is 0.00824. The molecule has 2 saturated heterocycles. The van der Waals surface area contributed by atoms with Gasteiger partial charge in [-0.1, -0.05) is 4.49 Å². The number of ether oxygens (including phenoxy) is 1. The summed E-state index contributed by atoms with van der Waals surface area (Å²) in [5, 5.41) is 5.54. The van der Waals surface area contributed by atoms with Crippen LogP contribution in [0.1, 0.15) is 29.8 Å². The normalized spacial score (nSPS) is 20.6. The van der Waals surface area contributed by atoms with Crippen LogP contribution in [0.15, 0.2) is 23.7 Å². The highest BCUT2D eigenvalue weighted by Gasteiger charge is 2.30. The third kappa shape index (κ3) is 3.06. The average molecular weight is 345 g/mol. The number of carbonyl (C=O) groups is 1. The molecule has 24 heavy (non-hydrogen) atoms. The molecule has 0 bridgehead atoms. The Morgan fingerprint density at radius 2 is 2.17 bits per heavy atom. The van der Waals surface area contributed by atoms with Gasteiger partial charge in [0.05, 0.1) is 6.54 Å². The van der Waals surface area contributed by atoms with Gasteiger partial charge < -0.3 is 14.5 Å². The number of amides is 1. The molecule has 0 radical (unpaired) electrons. The number of rotatable bonds is 4. The van der Waals surface area contributed by atoms with Crippen molar-refractivity contribution in [2.45, 2.75) is 25.4 Å². The number of nitrogens with zero attached hydrogens (tertiary/aromatic N) is 5. The number of aromatic nitrogens is 3. The molecule has 0 aromatic carbocycles. The lowest BCUT2D eigenvalue weighted by Crippen LogP contribution is -2.31. The molecule has 4 heterocycles. The zero-order valence-corrected chi connectivity index (χ0v) is 14.1. The summed E-state index contributed by atoms with van der Waals surface area (Å²) >= 11 is 1.19. The summed E-state index contributed by atoms with van der Waals surface area (Å²) in [6, 6.07) is 3.86. The lowest BCUT2D eigenvalue weighted by molar-refractivity contribution is 0.0766. The highest BCUT2D eigenvalue weighted by Crippen LogP contribution is 2.30. The maximum absolute atomic E-state index is 12.3. The Balaban J connectivity index is 1.43. The van der Waals surface area contributed by atoms with Crippen LogP contribution >= 0.6 is 11.5 Å². The Labute approximate surface area is 144 Å². The molecule has 4 rings (SSSR count). The molecule has 126 valence electrons. The smallest absolute Gasteiger partial charge is 0.275 e. The first kappa shape index (κ1) is 15.3. The minimum Gasteiger partial charge on any atom is -0.485 e. The van der Waals surface area contributed by atoms with E-state index in [2.05, 4.69) is 19.5 Å². The zero-order valence-electron chi connectivity index (χ0n) is 13.3. The van der Waals surface area contributed by atoms with Gasteiger partial charge >= 0.3 is 0 Å². The van der Waals surface area contributed by atoms with Gasteiger partial charge in [0.15, 0.2) is 17.3 Å². The maximum atomic E-state index is 12.3. The molecule has 0 saturated carbocycles. The Hall–Kier alpha value is -2.22. The number of pyridine rings is 1. The molecule has 1 atom stereocenters. The van der Waals surface area contributed by atoms with Gasteiger partial charge in [-0.15, -0.1) is 5.10 Å². The molecule has 2 fully saturated rings. The third-order valence-corrected chi connectivity index (χ3v) is 4.97. The van der Waals surface area contributed by atoms with Gasteiger partial charge in [0.2, 0.25) is 0 Å². The van der Waals surface area contributed by atoms with Crippen molar-refractivity contribution < 1.29 is 9.53 Å². The molecule has 0 aliphatic carbocycles. The molecule has 2 aromatic rings.